The van der Waals surface area contributed by atoms with Gasteiger partial charge in [0.25, 0.3) is 0 Å². The Labute approximate surface area is 102 Å². The average molecular weight is 250 g/mol. The number of hydrogen-bond donors (Lipinski definition) is 1. The van der Waals surface area contributed by atoms with Crippen molar-refractivity contribution in [1.29, 1.82) is 5.26 Å². The lowest BCUT2D eigenvalue weighted by Gasteiger charge is -2.06. The van der Waals surface area contributed by atoms with Crippen LogP contribution in [0.15, 0.2) is 36.4 Å². The molecule has 0 amide bonds. The fourth-order valence-corrected chi connectivity index (χ4v) is 2.42. The first-order valence-electron chi connectivity index (χ1n) is 5.04. The zero-order chi connectivity index (χ0) is 12.9. The minimum atomic E-state index is -3.37. The molecule has 0 bridgehead atoms. The maximum atomic E-state index is 11.7. The summed E-state index contributed by atoms with van der Waals surface area (Å²) in [6.45, 7) is 5.61. The first-order valence-corrected chi connectivity index (χ1v) is 6.69. The van der Waals surface area contributed by atoms with E-state index in [0.717, 1.165) is 5.57 Å². The zero-order valence-corrected chi connectivity index (χ0v) is 10.4. The van der Waals surface area contributed by atoms with Gasteiger partial charge in [0.2, 0.25) is 10.0 Å². The van der Waals surface area contributed by atoms with Crippen molar-refractivity contribution in [3.05, 3.63) is 47.5 Å². The molecule has 0 saturated carbocycles. The quantitative estimate of drug-likeness (QED) is 0.806. The highest BCUT2D eigenvalue weighted by molar-refractivity contribution is 7.88. The van der Waals surface area contributed by atoms with Crippen molar-refractivity contribution in [2.45, 2.75) is 12.7 Å². The van der Waals surface area contributed by atoms with Crippen molar-refractivity contribution < 1.29 is 8.42 Å². The number of sulfonamides is 1. The van der Waals surface area contributed by atoms with Crippen LogP contribution in [0.25, 0.3) is 0 Å². The van der Waals surface area contributed by atoms with Crippen LogP contribution >= 0.6 is 0 Å². The van der Waals surface area contributed by atoms with Gasteiger partial charge in [-0.3, -0.25) is 0 Å². The molecule has 0 radical (unpaired) electrons. The smallest absolute Gasteiger partial charge is 0.212 e. The summed E-state index contributed by atoms with van der Waals surface area (Å²) in [5.41, 5.74) is 1.80. The second-order valence-corrected chi connectivity index (χ2v) is 5.66. The van der Waals surface area contributed by atoms with Gasteiger partial charge in [-0.15, -0.1) is 0 Å². The minimum absolute atomic E-state index is 0.129. The molecule has 1 aromatic carbocycles. The fourth-order valence-electron chi connectivity index (χ4n) is 1.23. The van der Waals surface area contributed by atoms with Gasteiger partial charge in [0.05, 0.1) is 17.4 Å². The van der Waals surface area contributed by atoms with Crippen LogP contribution in [0, 0.1) is 11.3 Å². The molecule has 0 heterocycles. The Kier molecular flexibility index (Phi) is 4.44. The molecule has 0 aliphatic heterocycles. The van der Waals surface area contributed by atoms with Gasteiger partial charge in [0.15, 0.2) is 0 Å². The number of rotatable bonds is 5. The lowest BCUT2D eigenvalue weighted by atomic mass is 10.2. The first-order chi connectivity index (χ1) is 7.93. The van der Waals surface area contributed by atoms with Crippen molar-refractivity contribution in [3.63, 3.8) is 0 Å². The zero-order valence-electron chi connectivity index (χ0n) is 9.60. The summed E-state index contributed by atoms with van der Waals surface area (Å²) < 4.78 is 25.8. The van der Waals surface area contributed by atoms with Crippen LogP contribution in [0.5, 0.6) is 0 Å². The van der Waals surface area contributed by atoms with Gasteiger partial charge < -0.3 is 0 Å². The van der Waals surface area contributed by atoms with E-state index in [1.54, 1.807) is 31.2 Å². The number of hydrogen-bond acceptors (Lipinski definition) is 3. The van der Waals surface area contributed by atoms with Crippen LogP contribution in [0.3, 0.4) is 0 Å². The second-order valence-electron chi connectivity index (χ2n) is 3.85. The van der Waals surface area contributed by atoms with Crippen molar-refractivity contribution in [2.75, 3.05) is 6.54 Å². The Morgan fingerprint density at radius 2 is 2.24 bits per heavy atom. The summed E-state index contributed by atoms with van der Waals surface area (Å²) in [6.07, 6.45) is 0. The van der Waals surface area contributed by atoms with Crippen LogP contribution in [0.2, 0.25) is 0 Å². The van der Waals surface area contributed by atoms with Gasteiger partial charge in [0, 0.05) is 6.54 Å². The summed E-state index contributed by atoms with van der Waals surface area (Å²) >= 11 is 0. The lowest BCUT2D eigenvalue weighted by Crippen LogP contribution is -2.26. The first kappa shape index (κ1) is 13.4. The van der Waals surface area contributed by atoms with Crippen molar-refractivity contribution in [2.24, 2.45) is 0 Å². The van der Waals surface area contributed by atoms with E-state index < -0.39 is 10.0 Å². The molecule has 0 aliphatic rings. The molecule has 5 heteroatoms. The van der Waals surface area contributed by atoms with Crippen LogP contribution in [0.1, 0.15) is 18.1 Å². The standard InChI is InChI=1S/C12H14N2O2S/c1-10(2)8-14-17(15,16)9-12-5-3-4-11(6-12)7-13/h3-6,14H,1,8-9H2,2H3. The van der Waals surface area contributed by atoms with Crippen LogP contribution in [-0.4, -0.2) is 15.0 Å². The van der Waals surface area contributed by atoms with E-state index in [0.29, 0.717) is 11.1 Å². The third-order valence-corrected chi connectivity index (χ3v) is 3.30. The van der Waals surface area contributed by atoms with Gasteiger partial charge in [-0.25, -0.2) is 13.1 Å². The molecule has 1 rings (SSSR count). The molecule has 0 spiro atoms. The molecule has 4 nitrogen and oxygen atoms in total. The van der Waals surface area contributed by atoms with Crippen LogP contribution < -0.4 is 4.72 Å². The molecule has 0 unspecified atom stereocenters. The van der Waals surface area contributed by atoms with Gasteiger partial charge in [-0.2, -0.15) is 5.26 Å². The van der Waals surface area contributed by atoms with Crippen LogP contribution in [-0.2, 0) is 15.8 Å². The Morgan fingerprint density at radius 3 is 2.82 bits per heavy atom. The third-order valence-electron chi connectivity index (χ3n) is 2.01. The summed E-state index contributed by atoms with van der Waals surface area (Å²) in [6, 6.07) is 8.53. The molecule has 1 aromatic rings. The third kappa shape index (κ3) is 4.81. The average Bonchev–Trinajstić information content (AvgIpc) is 2.26. The summed E-state index contributed by atoms with van der Waals surface area (Å²) in [7, 11) is -3.37. The Bertz CT molecular complexity index is 556. The van der Waals surface area contributed by atoms with Gasteiger partial charge in [0.1, 0.15) is 0 Å². The Hall–Kier alpha value is -1.64. The largest absolute Gasteiger partial charge is 0.216 e. The van der Waals surface area contributed by atoms with E-state index in [2.05, 4.69) is 11.3 Å². The van der Waals surface area contributed by atoms with Crippen molar-refractivity contribution in [1.82, 2.24) is 4.72 Å². The van der Waals surface area contributed by atoms with E-state index >= 15 is 0 Å². The SMILES string of the molecule is C=C(C)CNS(=O)(=O)Cc1cccc(C#N)c1. The second kappa shape index (κ2) is 5.62. The van der Waals surface area contributed by atoms with E-state index in [4.69, 9.17) is 5.26 Å². The fraction of sp³-hybridized carbons (Fsp3) is 0.250. The normalized spacial score (nSPS) is 10.8. The Balaban J connectivity index is 2.76. The molecule has 0 aliphatic carbocycles. The predicted octanol–water partition coefficient (Wildman–Crippen LogP) is 1.55. The molecular weight excluding hydrogens is 236 g/mol. The molecule has 90 valence electrons. The number of nitrogens with one attached hydrogen (secondary N) is 1. The number of nitriles is 1. The van der Waals surface area contributed by atoms with E-state index in [1.165, 1.54) is 0 Å². The van der Waals surface area contributed by atoms with Gasteiger partial charge in [-0.05, 0) is 24.6 Å². The molecule has 0 aromatic heterocycles. The van der Waals surface area contributed by atoms with Crippen LogP contribution in [0.4, 0.5) is 0 Å². The molecule has 0 saturated heterocycles. The van der Waals surface area contributed by atoms with E-state index in [-0.39, 0.29) is 12.3 Å². The van der Waals surface area contributed by atoms with Crippen molar-refractivity contribution in [3.8, 4) is 6.07 Å². The van der Waals surface area contributed by atoms with Crippen molar-refractivity contribution >= 4 is 10.0 Å². The summed E-state index contributed by atoms with van der Waals surface area (Å²) in [4.78, 5) is 0. The molecule has 0 fully saturated rings. The molecule has 0 atom stereocenters. The maximum Gasteiger partial charge on any atom is 0.216 e. The topological polar surface area (TPSA) is 70.0 Å². The van der Waals surface area contributed by atoms with E-state index in [1.807, 2.05) is 6.07 Å². The highest BCUT2D eigenvalue weighted by Gasteiger charge is 2.11. The maximum absolute atomic E-state index is 11.7. The predicted molar refractivity (Wildman–Crippen MR) is 66.6 cm³/mol. The minimum Gasteiger partial charge on any atom is -0.212 e. The summed E-state index contributed by atoms with van der Waals surface area (Å²) in [5.74, 6) is -0.129. The lowest BCUT2D eigenvalue weighted by molar-refractivity contribution is 0.584. The van der Waals surface area contributed by atoms with Gasteiger partial charge in [-0.1, -0.05) is 24.3 Å². The molecule has 1 N–H and O–H groups in total. The van der Waals surface area contributed by atoms with Gasteiger partial charge >= 0.3 is 0 Å². The summed E-state index contributed by atoms with van der Waals surface area (Å²) in [5, 5.41) is 8.71. The number of nitrogens with zero attached hydrogens (tertiary/aromatic N) is 1. The monoisotopic (exact) mass is 250 g/mol. The van der Waals surface area contributed by atoms with E-state index in [9.17, 15) is 8.42 Å². The Morgan fingerprint density at radius 1 is 1.53 bits per heavy atom. The highest BCUT2D eigenvalue weighted by atomic mass is 32.2. The number of benzene rings is 1. The molecule has 17 heavy (non-hydrogen) atoms. The highest BCUT2D eigenvalue weighted by Crippen LogP contribution is 2.08. The molecular formula is C12H14N2O2S.